The van der Waals surface area contributed by atoms with Crippen LogP contribution in [-0.4, -0.2) is 38.3 Å². The molecular weight excluding hydrogens is 334 g/mol. The summed E-state index contributed by atoms with van der Waals surface area (Å²) >= 11 is 0. The number of fused-ring (bicyclic) bond motifs is 2. The van der Waals surface area contributed by atoms with Gasteiger partial charge in [0.05, 0.1) is 0 Å². The Kier molecular flexibility index (Phi) is 5.33. The van der Waals surface area contributed by atoms with Gasteiger partial charge in [-0.25, -0.2) is 0 Å². The van der Waals surface area contributed by atoms with Gasteiger partial charge in [0, 0.05) is 36.6 Å². The fourth-order valence-electron chi connectivity index (χ4n) is 5.21. The van der Waals surface area contributed by atoms with Crippen molar-refractivity contribution in [3.63, 3.8) is 0 Å². The second kappa shape index (κ2) is 7.72. The Morgan fingerprint density at radius 3 is 2.33 bits per heavy atom. The molecule has 1 aromatic heterocycles. The molecule has 2 aromatic rings. The fourth-order valence-corrected chi connectivity index (χ4v) is 5.21. The van der Waals surface area contributed by atoms with Gasteiger partial charge in [0.1, 0.15) is 11.6 Å². The van der Waals surface area contributed by atoms with Gasteiger partial charge in [-0.15, -0.1) is 10.2 Å². The molecule has 0 amide bonds. The van der Waals surface area contributed by atoms with E-state index >= 15 is 0 Å². The standard InChI is InChI=1S/C22H33N5/c1-15(2)22-25-24-16(3)27(22)20-13-18-9-10-19(14-20)26(18)12-11-21(23)17-7-5-4-6-8-17/h4-8,15,18-21H,9-14,23H2,1-3H3. The Hall–Kier alpha value is -1.72. The molecule has 4 rings (SSSR count). The topological polar surface area (TPSA) is 60.0 Å². The van der Waals surface area contributed by atoms with E-state index in [0.717, 1.165) is 24.6 Å². The predicted molar refractivity (Wildman–Crippen MR) is 109 cm³/mol. The molecule has 1 aromatic carbocycles. The lowest BCUT2D eigenvalue weighted by Crippen LogP contribution is -2.44. The van der Waals surface area contributed by atoms with Crippen molar-refractivity contribution in [2.24, 2.45) is 5.73 Å². The van der Waals surface area contributed by atoms with E-state index in [0.29, 0.717) is 24.0 Å². The molecule has 0 aliphatic carbocycles. The van der Waals surface area contributed by atoms with Crippen molar-refractivity contribution < 1.29 is 0 Å². The first-order chi connectivity index (χ1) is 13.0. The van der Waals surface area contributed by atoms with E-state index in [1.807, 2.05) is 0 Å². The number of rotatable bonds is 6. The number of benzene rings is 1. The van der Waals surface area contributed by atoms with Gasteiger partial charge in [0.15, 0.2) is 0 Å². The minimum absolute atomic E-state index is 0.135. The summed E-state index contributed by atoms with van der Waals surface area (Å²) < 4.78 is 2.43. The largest absolute Gasteiger partial charge is 0.324 e. The van der Waals surface area contributed by atoms with Crippen LogP contribution in [0.3, 0.4) is 0 Å². The minimum Gasteiger partial charge on any atom is -0.324 e. The highest BCUT2D eigenvalue weighted by Gasteiger charge is 2.42. The first-order valence-electron chi connectivity index (χ1n) is 10.5. The van der Waals surface area contributed by atoms with Gasteiger partial charge in [0.25, 0.3) is 0 Å². The molecule has 3 unspecified atom stereocenters. The average Bonchev–Trinajstić information content (AvgIpc) is 3.16. The van der Waals surface area contributed by atoms with Gasteiger partial charge < -0.3 is 10.3 Å². The normalized spacial score (nSPS) is 26.6. The van der Waals surface area contributed by atoms with E-state index in [-0.39, 0.29) is 6.04 Å². The maximum atomic E-state index is 6.45. The van der Waals surface area contributed by atoms with Crippen LogP contribution < -0.4 is 5.73 Å². The Balaban J connectivity index is 1.42. The van der Waals surface area contributed by atoms with Gasteiger partial charge in [0.2, 0.25) is 0 Å². The molecule has 0 radical (unpaired) electrons. The number of nitrogens with two attached hydrogens (primary N) is 1. The zero-order valence-corrected chi connectivity index (χ0v) is 16.9. The lowest BCUT2D eigenvalue weighted by molar-refractivity contribution is 0.101. The molecule has 146 valence electrons. The second-order valence-corrected chi connectivity index (χ2v) is 8.68. The van der Waals surface area contributed by atoms with E-state index in [2.05, 4.69) is 70.8 Å². The average molecular weight is 368 g/mol. The van der Waals surface area contributed by atoms with E-state index < -0.39 is 0 Å². The van der Waals surface area contributed by atoms with Gasteiger partial charge in [-0.3, -0.25) is 4.90 Å². The van der Waals surface area contributed by atoms with Crippen LogP contribution in [0.4, 0.5) is 0 Å². The highest BCUT2D eigenvalue weighted by Crippen LogP contribution is 2.42. The molecule has 27 heavy (non-hydrogen) atoms. The van der Waals surface area contributed by atoms with Crippen LogP contribution in [0.15, 0.2) is 30.3 Å². The Morgan fingerprint density at radius 1 is 1.04 bits per heavy atom. The molecular formula is C22H33N5. The van der Waals surface area contributed by atoms with Crippen LogP contribution in [0.5, 0.6) is 0 Å². The smallest absolute Gasteiger partial charge is 0.135 e. The highest BCUT2D eigenvalue weighted by molar-refractivity contribution is 5.18. The SMILES string of the molecule is Cc1nnc(C(C)C)n1C1CC2CCC(C1)N2CCC(N)c1ccccc1. The monoisotopic (exact) mass is 367 g/mol. The van der Waals surface area contributed by atoms with Crippen LogP contribution >= 0.6 is 0 Å². The molecule has 0 saturated carbocycles. The van der Waals surface area contributed by atoms with Crippen molar-refractivity contribution >= 4 is 0 Å². The van der Waals surface area contributed by atoms with Gasteiger partial charge in [-0.2, -0.15) is 0 Å². The molecule has 3 atom stereocenters. The van der Waals surface area contributed by atoms with Crippen LogP contribution in [-0.2, 0) is 0 Å². The molecule has 2 saturated heterocycles. The molecule has 0 spiro atoms. The number of nitrogens with zero attached hydrogens (tertiary/aromatic N) is 4. The van der Waals surface area contributed by atoms with Crippen LogP contribution in [0, 0.1) is 6.92 Å². The zero-order chi connectivity index (χ0) is 19.0. The first kappa shape index (κ1) is 18.6. The van der Waals surface area contributed by atoms with Crippen molar-refractivity contribution in [3.05, 3.63) is 47.5 Å². The lowest BCUT2D eigenvalue weighted by Gasteiger charge is -2.40. The van der Waals surface area contributed by atoms with Crippen molar-refractivity contribution in [1.29, 1.82) is 0 Å². The van der Waals surface area contributed by atoms with Gasteiger partial charge in [-0.1, -0.05) is 44.2 Å². The third kappa shape index (κ3) is 3.67. The van der Waals surface area contributed by atoms with Crippen molar-refractivity contribution in [3.8, 4) is 0 Å². The molecule has 2 fully saturated rings. The van der Waals surface area contributed by atoms with Gasteiger partial charge >= 0.3 is 0 Å². The number of piperidine rings is 1. The Bertz CT molecular complexity index is 739. The number of aromatic nitrogens is 3. The molecule has 5 nitrogen and oxygen atoms in total. The van der Waals surface area contributed by atoms with Crippen LogP contribution in [0.2, 0.25) is 0 Å². The molecule has 2 bridgehead atoms. The quantitative estimate of drug-likeness (QED) is 0.839. The number of hydrogen-bond donors (Lipinski definition) is 1. The molecule has 3 heterocycles. The molecule has 2 aliphatic rings. The second-order valence-electron chi connectivity index (χ2n) is 8.68. The van der Waals surface area contributed by atoms with E-state index in [1.165, 1.54) is 31.2 Å². The maximum Gasteiger partial charge on any atom is 0.135 e. The minimum atomic E-state index is 0.135. The summed E-state index contributed by atoms with van der Waals surface area (Å²) in [5, 5.41) is 8.83. The van der Waals surface area contributed by atoms with Crippen molar-refractivity contribution in [2.45, 2.75) is 83.0 Å². The summed E-state index contributed by atoms with van der Waals surface area (Å²) in [5.41, 5.74) is 7.70. The predicted octanol–water partition coefficient (Wildman–Crippen LogP) is 3.97. The lowest BCUT2D eigenvalue weighted by atomic mass is 9.95. The number of hydrogen-bond acceptors (Lipinski definition) is 4. The summed E-state index contributed by atoms with van der Waals surface area (Å²) in [4.78, 5) is 2.74. The first-order valence-corrected chi connectivity index (χ1v) is 10.5. The van der Waals surface area contributed by atoms with Gasteiger partial charge in [-0.05, 0) is 44.6 Å². The Labute approximate surface area is 163 Å². The summed E-state index contributed by atoms with van der Waals surface area (Å²) in [5.74, 6) is 2.64. The van der Waals surface area contributed by atoms with Crippen molar-refractivity contribution in [2.75, 3.05) is 6.54 Å². The summed E-state index contributed by atoms with van der Waals surface area (Å²) in [6.07, 6.45) is 6.11. The summed E-state index contributed by atoms with van der Waals surface area (Å²) in [6, 6.07) is 12.6. The van der Waals surface area contributed by atoms with Crippen molar-refractivity contribution in [1.82, 2.24) is 19.7 Å². The molecule has 2 N–H and O–H groups in total. The molecule has 5 heteroatoms. The van der Waals surface area contributed by atoms with E-state index in [4.69, 9.17) is 5.73 Å². The maximum absolute atomic E-state index is 6.45. The Morgan fingerprint density at radius 2 is 1.70 bits per heavy atom. The summed E-state index contributed by atoms with van der Waals surface area (Å²) in [6.45, 7) is 7.64. The van der Waals surface area contributed by atoms with E-state index in [9.17, 15) is 0 Å². The fraction of sp³-hybridized carbons (Fsp3) is 0.636. The van der Waals surface area contributed by atoms with Crippen LogP contribution in [0.1, 0.15) is 81.2 Å². The third-order valence-electron chi connectivity index (χ3n) is 6.56. The molecule has 2 aliphatic heterocycles. The third-order valence-corrected chi connectivity index (χ3v) is 6.56. The highest BCUT2D eigenvalue weighted by atomic mass is 15.3. The summed E-state index contributed by atoms with van der Waals surface area (Å²) in [7, 11) is 0. The number of aryl methyl sites for hydroxylation is 1. The van der Waals surface area contributed by atoms with Crippen LogP contribution in [0.25, 0.3) is 0 Å². The zero-order valence-electron chi connectivity index (χ0n) is 16.9. The van der Waals surface area contributed by atoms with E-state index in [1.54, 1.807) is 0 Å².